The van der Waals surface area contributed by atoms with Crippen molar-refractivity contribution in [2.45, 2.75) is 26.7 Å². The molecule has 3 aromatic rings. The van der Waals surface area contributed by atoms with E-state index in [-0.39, 0.29) is 0 Å². The predicted molar refractivity (Wildman–Crippen MR) is 84.4 cm³/mol. The Kier molecular flexibility index (Phi) is 3.27. The van der Waals surface area contributed by atoms with Crippen molar-refractivity contribution < 1.29 is 0 Å². The zero-order valence-electron chi connectivity index (χ0n) is 11.9. The molecule has 2 heterocycles. The first-order valence-corrected chi connectivity index (χ1v) is 7.25. The van der Waals surface area contributed by atoms with Gasteiger partial charge in [-0.3, -0.25) is 0 Å². The summed E-state index contributed by atoms with van der Waals surface area (Å²) in [5, 5.41) is 0. The van der Waals surface area contributed by atoms with Gasteiger partial charge in [-0.25, -0.2) is 4.98 Å². The second kappa shape index (κ2) is 4.95. The number of halogens is 1. The van der Waals surface area contributed by atoms with Gasteiger partial charge in [0.25, 0.3) is 0 Å². The number of nitrogens with zero attached hydrogens (tertiary/aromatic N) is 2. The van der Waals surface area contributed by atoms with Crippen LogP contribution in [0.4, 0.5) is 0 Å². The second-order valence-electron chi connectivity index (χ2n) is 5.27. The summed E-state index contributed by atoms with van der Waals surface area (Å²) in [5.41, 5.74) is 7.87. The maximum atomic E-state index is 6.16. The van der Waals surface area contributed by atoms with E-state index >= 15 is 0 Å². The topological polar surface area (TPSA) is 17.3 Å². The van der Waals surface area contributed by atoms with E-state index in [4.69, 9.17) is 16.6 Å². The van der Waals surface area contributed by atoms with Gasteiger partial charge >= 0.3 is 0 Å². The van der Waals surface area contributed by atoms with Crippen LogP contribution in [0.3, 0.4) is 0 Å². The minimum atomic E-state index is 0.451. The van der Waals surface area contributed by atoms with Crippen LogP contribution in [0.1, 0.15) is 22.4 Å². The standard InChI is InChI=1S/C17H17ClN2/c1-11-4-7-16-19-17(15(9-18)20(16)10-11)14-6-5-12(2)13(3)8-14/h4-8,10H,9H2,1-3H3. The van der Waals surface area contributed by atoms with Gasteiger partial charge in [-0.05, 0) is 49.6 Å². The van der Waals surface area contributed by atoms with Gasteiger partial charge in [-0.1, -0.05) is 18.2 Å². The highest BCUT2D eigenvalue weighted by atomic mass is 35.5. The molecule has 0 saturated heterocycles. The van der Waals surface area contributed by atoms with E-state index < -0.39 is 0 Å². The lowest BCUT2D eigenvalue weighted by Crippen LogP contribution is -1.92. The molecule has 0 aliphatic carbocycles. The lowest BCUT2D eigenvalue weighted by Gasteiger charge is -2.05. The number of aryl methyl sites for hydroxylation is 3. The first-order chi connectivity index (χ1) is 9.60. The van der Waals surface area contributed by atoms with Crippen molar-refractivity contribution >= 4 is 17.2 Å². The Morgan fingerprint density at radius 3 is 2.55 bits per heavy atom. The van der Waals surface area contributed by atoms with E-state index in [1.54, 1.807) is 0 Å². The van der Waals surface area contributed by atoms with Crippen molar-refractivity contribution in [1.29, 1.82) is 0 Å². The number of pyridine rings is 1. The van der Waals surface area contributed by atoms with Gasteiger partial charge in [0.15, 0.2) is 0 Å². The maximum Gasteiger partial charge on any atom is 0.137 e. The summed E-state index contributed by atoms with van der Waals surface area (Å²) in [5.74, 6) is 0.451. The van der Waals surface area contributed by atoms with Crippen molar-refractivity contribution in [1.82, 2.24) is 9.38 Å². The highest BCUT2D eigenvalue weighted by molar-refractivity contribution is 6.17. The smallest absolute Gasteiger partial charge is 0.137 e. The van der Waals surface area contributed by atoms with Gasteiger partial charge in [-0.2, -0.15) is 0 Å². The summed E-state index contributed by atoms with van der Waals surface area (Å²) in [7, 11) is 0. The number of alkyl halides is 1. The van der Waals surface area contributed by atoms with Crippen LogP contribution >= 0.6 is 11.6 Å². The molecular formula is C17H17ClN2. The van der Waals surface area contributed by atoms with Crippen molar-refractivity contribution in [2.75, 3.05) is 0 Å². The number of hydrogen-bond donors (Lipinski definition) is 0. The van der Waals surface area contributed by atoms with Gasteiger partial charge < -0.3 is 4.40 Å². The van der Waals surface area contributed by atoms with Crippen LogP contribution in [-0.2, 0) is 5.88 Å². The fraction of sp³-hybridized carbons (Fsp3) is 0.235. The maximum absolute atomic E-state index is 6.16. The average molecular weight is 285 g/mol. The van der Waals surface area contributed by atoms with Crippen LogP contribution in [-0.4, -0.2) is 9.38 Å². The van der Waals surface area contributed by atoms with Crippen LogP contribution in [0.2, 0.25) is 0 Å². The number of rotatable bonds is 2. The van der Waals surface area contributed by atoms with Crippen molar-refractivity contribution in [2.24, 2.45) is 0 Å². The highest BCUT2D eigenvalue weighted by Crippen LogP contribution is 2.27. The van der Waals surface area contributed by atoms with E-state index in [1.807, 2.05) is 6.07 Å². The number of aromatic nitrogens is 2. The number of imidazole rings is 1. The second-order valence-corrected chi connectivity index (χ2v) is 5.54. The van der Waals surface area contributed by atoms with Crippen LogP contribution in [0.25, 0.3) is 16.9 Å². The predicted octanol–water partition coefficient (Wildman–Crippen LogP) is 4.67. The first kappa shape index (κ1) is 13.2. The molecule has 3 rings (SSSR count). The third-order valence-electron chi connectivity index (χ3n) is 3.77. The van der Waals surface area contributed by atoms with Crippen LogP contribution in [0.5, 0.6) is 0 Å². The van der Waals surface area contributed by atoms with E-state index in [1.165, 1.54) is 16.7 Å². The fourth-order valence-electron chi connectivity index (χ4n) is 2.45. The van der Waals surface area contributed by atoms with Crippen LogP contribution < -0.4 is 0 Å². The average Bonchev–Trinajstić information content (AvgIpc) is 2.79. The lowest BCUT2D eigenvalue weighted by molar-refractivity contribution is 1.07. The largest absolute Gasteiger partial charge is 0.302 e. The molecule has 2 aromatic heterocycles. The minimum absolute atomic E-state index is 0.451. The summed E-state index contributed by atoms with van der Waals surface area (Å²) < 4.78 is 2.09. The molecule has 0 spiro atoms. The zero-order chi connectivity index (χ0) is 14.3. The quantitative estimate of drug-likeness (QED) is 0.625. The molecule has 2 nitrogen and oxygen atoms in total. The molecule has 0 atom stereocenters. The van der Waals surface area contributed by atoms with Crippen molar-refractivity contribution in [3.8, 4) is 11.3 Å². The molecule has 0 radical (unpaired) electrons. The SMILES string of the molecule is Cc1ccc2nc(-c3ccc(C)c(C)c3)c(CCl)n2c1. The van der Waals surface area contributed by atoms with Crippen LogP contribution in [0.15, 0.2) is 36.5 Å². The summed E-state index contributed by atoms with van der Waals surface area (Å²) in [6.07, 6.45) is 2.09. The summed E-state index contributed by atoms with van der Waals surface area (Å²) >= 11 is 6.16. The Morgan fingerprint density at radius 1 is 1.05 bits per heavy atom. The highest BCUT2D eigenvalue weighted by Gasteiger charge is 2.13. The lowest BCUT2D eigenvalue weighted by atomic mass is 10.0. The van der Waals surface area contributed by atoms with Crippen LogP contribution in [0, 0.1) is 20.8 Å². The molecule has 0 amide bonds. The number of benzene rings is 1. The van der Waals surface area contributed by atoms with Gasteiger partial charge in [0.05, 0.1) is 17.3 Å². The third kappa shape index (κ3) is 2.10. The molecule has 3 heteroatoms. The molecule has 0 bridgehead atoms. The molecule has 0 fully saturated rings. The Balaban J connectivity index is 2.27. The molecule has 102 valence electrons. The van der Waals surface area contributed by atoms with Gasteiger partial charge in [0, 0.05) is 11.8 Å². The van der Waals surface area contributed by atoms with Crippen molar-refractivity contribution in [3.05, 3.63) is 58.9 Å². The zero-order valence-corrected chi connectivity index (χ0v) is 12.7. The van der Waals surface area contributed by atoms with Crippen molar-refractivity contribution in [3.63, 3.8) is 0 Å². The normalized spacial score (nSPS) is 11.2. The third-order valence-corrected chi connectivity index (χ3v) is 4.03. The molecule has 0 unspecified atom stereocenters. The molecule has 0 aliphatic rings. The monoisotopic (exact) mass is 284 g/mol. The number of fused-ring (bicyclic) bond motifs is 1. The summed E-state index contributed by atoms with van der Waals surface area (Å²) in [4.78, 5) is 4.74. The molecule has 0 aliphatic heterocycles. The summed E-state index contributed by atoms with van der Waals surface area (Å²) in [6, 6.07) is 10.5. The molecule has 0 saturated carbocycles. The van der Waals surface area contributed by atoms with E-state index in [0.717, 1.165) is 22.6 Å². The Hall–Kier alpha value is -1.80. The first-order valence-electron chi connectivity index (χ1n) is 6.71. The Labute approximate surface area is 124 Å². The van der Waals surface area contributed by atoms with E-state index in [9.17, 15) is 0 Å². The fourth-order valence-corrected chi connectivity index (χ4v) is 2.70. The molecule has 1 aromatic carbocycles. The molecule has 0 N–H and O–H groups in total. The minimum Gasteiger partial charge on any atom is -0.302 e. The Bertz CT molecular complexity index is 787. The van der Waals surface area contributed by atoms with Gasteiger partial charge in [0.1, 0.15) is 5.65 Å². The number of hydrogen-bond acceptors (Lipinski definition) is 1. The van der Waals surface area contributed by atoms with E-state index in [0.29, 0.717) is 5.88 Å². The Morgan fingerprint density at radius 2 is 1.85 bits per heavy atom. The van der Waals surface area contributed by atoms with E-state index in [2.05, 4.69) is 55.6 Å². The molecule has 20 heavy (non-hydrogen) atoms. The van der Waals surface area contributed by atoms with Gasteiger partial charge in [-0.15, -0.1) is 11.6 Å². The summed E-state index contributed by atoms with van der Waals surface area (Å²) in [6.45, 7) is 6.32. The molecular weight excluding hydrogens is 268 g/mol. The van der Waals surface area contributed by atoms with Gasteiger partial charge in [0.2, 0.25) is 0 Å².